The molecule has 8 nitrogen and oxygen atoms in total. The van der Waals surface area contributed by atoms with Gasteiger partial charge >= 0.3 is 0 Å². The number of sulfonamides is 1. The second kappa shape index (κ2) is 8.35. The average Bonchev–Trinajstić information content (AvgIpc) is 2.80. The largest absolute Gasteiger partial charge is 0.355 e. The Labute approximate surface area is 171 Å². The molecule has 2 fully saturated rings. The minimum Gasteiger partial charge on any atom is -0.355 e. The van der Waals surface area contributed by atoms with Gasteiger partial charge in [-0.15, -0.1) is 10.2 Å². The molecule has 29 heavy (non-hydrogen) atoms. The fourth-order valence-electron chi connectivity index (χ4n) is 3.86. The summed E-state index contributed by atoms with van der Waals surface area (Å²) in [4.78, 5) is 4.38. The van der Waals surface area contributed by atoms with Crippen molar-refractivity contribution < 1.29 is 8.42 Å². The van der Waals surface area contributed by atoms with E-state index in [1.54, 1.807) is 12.1 Å². The Bertz CT molecular complexity index is 988. The maximum Gasteiger partial charge on any atom is 0.244 e. The smallest absolute Gasteiger partial charge is 0.244 e. The van der Waals surface area contributed by atoms with Crippen LogP contribution in [0.25, 0.3) is 0 Å². The van der Waals surface area contributed by atoms with Gasteiger partial charge in [0, 0.05) is 39.3 Å². The van der Waals surface area contributed by atoms with Gasteiger partial charge in [-0.3, -0.25) is 0 Å². The number of piperazine rings is 1. The molecule has 2 aliphatic rings. The number of aromatic nitrogens is 2. The molecule has 0 amide bonds. The second-order valence-electron chi connectivity index (χ2n) is 7.30. The summed E-state index contributed by atoms with van der Waals surface area (Å²) in [7, 11) is -3.69. The van der Waals surface area contributed by atoms with E-state index in [0.29, 0.717) is 26.2 Å². The Morgan fingerprint density at radius 2 is 1.38 bits per heavy atom. The zero-order valence-corrected chi connectivity index (χ0v) is 17.1. The Morgan fingerprint density at radius 1 is 0.793 bits per heavy atom. The van der Waals surface area contributed by atoms with Crippen molar-refractivity contribution in [2.45, 2.75) is 24.2 Å². The Morgan fingerprint density at radius 3 is 1.97 bits per heavy atom. The van der Waals surface area contributed by atoms with Crippen LogP contribution in [0.5, 0.6) is 0 Å². The predicted octanol–water partition coefficient (Wildman–Crippen LogP) is 1.85. The third-order valence-corrected chi connectivity index (χ3v) is 7.46. The van der Waals surface area contributed by atoms with Crippen LogP contribution in [-0.4, -0.2) is 62.2 Å². The van der Waals surface area contributed by atoms with E-state index in [1.807, 2.05) is 18.2 Å². The number of hydrogen-bond acceptors (Lipinski definition) is 7. The van der Waals surface area contributed by atoms with E-state index in [-0.39, 0.29) is 10.5 Å². The summed E-state index contributed by atoms with van der Waals surface area (Å²) in [6.45, 7) is 3.80. The van der Waals surface area contributed by atoms with Gasteiger partial charge in [-0.1, -0.05) is 12.1 Å². The number of piperidine rings is 1. The molecule has 0 N–H and O–H groups in total. The van der Waals surface area contributed by atoms with Crippen LogP contribution in [0.4, 0.5) is 11.6 Å². The first-order valence-corrected chi connectivity index (χ1v) is 11.4. The van der Waals surface area contributed by atoms with Crippen LogP contribution in [0.3, 0.4) is 0 Å². The first kappa shape index (κ1) is 19.6. The van der Waals surface area contributed by atoms with Crippen molar-refractivity contribution in [3.8, 4) is 6.07 Å². The van der Waals surface area contributed by atoms with Crippen molar-refractivity contribution in [2.75, 3.05) is 49.1 Å². The minimum absolute atomic E-state index is 0.0710. The van der Waals surface area contributed by atoms with Crippen molar-refractivity contribution >= 4 is 21.7 Å². The highest BCUT2D eigenvalue weighted by Gasteiger charge is 2.30. The van der Waals surface area contributed by atoms with E-state index < -0.39 is 10.0 Å². The predicted molar refractivity (Wildman–Crippen MR) is 110 cm³/mol. The molecule has 1 aromatic carbocycles. The average molecular weight is 413 g/mol. The number of rotatable bonds is 4. The van der Waals surface area contributed by atoms with Gasteiger partial charge in [0.25, 0.3) is 0 Å². The summed E-state index contributed by atoms with van der Waals surface area (Å²) >= 11 is 0. The summed E-state index contributed by atoms with van der Waals surface area (Å²) in [6, 6.07) is 12.3. The zero-order chi connectivity index (χ0) is 20.3. The summed E-state index contributed by atoms with van der Waals surface area (Å²) in [5.41, 5.74) is 0.175. The second-order valence-corrected chi connectivity index (χ2v) is 9.20. The fraction of sp³-hybridized carbons (Fsp3) is 0.450. The highest BCUT2D eigenvalue weighted by Crippen LogP contribution is 2.23. The standard InChI is InChI=1S/C20H24N6O2S/c21-16-17-6-2-3-7-18(17)29(27,28)26-14-12-25(13-15-26)20-9-8-19(22-23-20)24-10-4-1-5-11-24/h2-3,6-9H,1,4-5,10-15H2. The van der Waals surface area contributed by atoms with Crippen molar-refractivity contribution in [1.29, 1.82) is 5.26 Å². The molecule has 0 aliphatic carbocycles. The van der Waals surface area contributed by atoms with E-state index in [2.05, 4.69) is 20.0 Å². The van der Waals surface area contributed by atoms with Gasteiger partial charge in [0.05, 0.1) is 10.5 Å². The lowest BCUT2D eigenvalue weighted by Gasteiger charge is -2.34. The van der Waals surface area contributed by atoms with Crippen LogP contribution in [0.15, 0.2) is 41.3 Å². The number of nitriles is 1. The molecule has 0 saturated carbocycles. The molecule has 2 aliphatic heterocycles. The molecular weight excluding hydrogens is 388 g/mol. The Kier molecular flexibility index (Phi) is 5.65. The first-order chi connectivity index (χ1) is 14.1. The minimum atomic E-state index is -3.69. The molecule has 3 heterocycles. The van der Waals surface area contributed by atoms with Crippen molar-refractivity contribution in [1.82, 2.24) is 14.5 Å². The number of benzene rings is 1. The molecule has 0 bridgehead atoms. The lowest BCUT2D eigenvalue weighted by molar-refractivity contribution is 0.383. The van der Waals surface area contributed by atoms with E-state index in [0.717, 1.165) is 24.7 Å². The van der Waals surface area contributed by atoms with Gasteiger partial charge in [-0.25, -0.2) is 8.42 Å². The molecule has 2 saturated heterocycles. The van der Waals surface area contributed by atoms with Gasteiger partial charge in [-0.2, -0.15) is 9.57 Å². The summed E-state index contributed by atoms with van der Waals surface area (Å²) < 4.78 is 27.3. The zero-order valence-electron chi connectivity index (χ0n) is 16.2. The summed E-state index contributed by atoms with van der Waals surface area (Å²) in [5, 5.41) is 18.0. The van der Waals surface area contributed by atoms with Crippen molar-refractivity contribution in [3.05, 3.63) is 42.0 Å². The molecule has 1 aromatic heterocycles. The molecule has 0 radical (unpaired) electrons. The number of anilines is 2. The topological polar surface area (TPSA) is 93.4 Å². The summed E-state index contributed by atoms with van der Waals surface area (Å²) in [6.07, 6.45) is 3.65. The Hall–Kier alpha value is -2.70. The third-order valence-electron chi connectivity index (χ3n) is 5.50. The third kappa shape index (κ3) is 4.04. The van der Waals surface area contributed by atoms with Gasteiger partial charge in [0.1, 0.15) is 6.07 Å². The molecule has 152 valence electrons. The van der Waals surface area contributed by atoms with Crippen LogP contribution in [0.1, 0.15) is 24.8 Å². The van der Waals surface area contributed by atoms with Gasteiger partial charge in [0.2, 0.25) is 10.0 Å². The quantitative estimate of drug-likeness (QED) is 0.756. The molecule has 0 atom stereocenters. The number of hydrogen-bond donors (Lipinski definition) is 0. The fourth-order valence-corrected chi connectivity index (χ4v) is 5.42. The first-order valence-electron chi connectivity index (χ1n) is 9.92. The molecule has 9 heteroatoms. The SMILES string of the molecule is N#Cc1ccccc1S(=O)(=O)N1CCN(c2ccc(N3CCCCC3)nn2)CC1. The van der Waals surface area contributed by atoms with E-state index in [4.69, 9.17) is 0 Å². The number of nitrogens with zero attached hydrogens (tertiary/aromatic N) is 6. The van der Waals surface area contributed by atoms with Crippen LogP contribution in [0.2, 0.25) is 0 Å². The van der Waals surface area contributed by atoms with Crippen LogP contribution < -0.4 is 9.80 Å². The lowest BCUT2D eigenvalue weighted by Crippen LogP contribution is -2.49. The van der Waals surface area contributed by atoms with Crippen LogP contribution in [-0.2, 0) is 10.0 Å². The molecule has 0 unspecified atom stereocenters. The maximum atomic E-state index is 13.0. The van der Waals surface area contributed by atoms with E-state index in [9.17, 15) is 13.7 Å². The molecule has 2 aromatic rings. The van der Waals surface area contributed by atoms with Crippen LogP contribution in [0, 0.1) is 11.3 Å². The van der Waals surface area contributed by atoms with Gasteiger partial charge < -0.3 is 9.80 Å². The van der Waals surface area contributed by atoms with E-state index in [1.165, 1.54) is 35.7 Å². The summed E-state index contributed by atoms with van der Waals surface area (Å²) in [5.74, 6) is 1.67. The monoisotopic (exact) mass is 412 g/mol. The lowest BCUT2D eigenvalue weighted by atomic mass is 10.1. The molecule has 4 rings (SSSR count). The molecule has 0 spiro atoms. The highest BCUT2D eigenvalue weighted by molar-refractivity contribution is 7.89. The van der Waals surface area contributed by atoms with Gasteiger partial charge in [0.15, 0.2) is 11.6 Å². The Balaban J connectivity index is 1.42. The van der Waals surface area contributed by atoms with Crippen LogP contribution >= 0.6 is 0 Å². The van der Waals surface area contributed by atoms with Crippen molar-refractivity contribution in [2.24, 2.45) is 0 Å². The highest BCUT2D eigenvalue weighted by atomic mass is 32.2. The van der Waals surface area contributed by atoms with Gasteiger partial charge in [-0.05, 0) is 43.5 Å². The molecular formula is C20H24N6O2S. The van der Waals surface area contributed by atoms with Crippen molar-refractivity contribution in [3.63, 3.8) is 0 Å². The van der Waals surface area contributed by atoms with E-state index >= 15 is 0 Å². The maximum absolute atomic E-state index is 13.0. The normalized spacial score (nSPS) is 18.4.